The zero-order chi connectivity index (χ0) is 51.9. The molecule has 3 aliphatic rings. The number of nitrogens with one attached hydrogen (secondary N) is 3. The van der Waals surface area contributed by atoms with Crippen molar-refractivity contribution in [3.05, 3.63) is 65.7 Å². The molecule has 70 heavy (non-hydrogen) atoms. The van der Waals surface area contributed by atoms with E-state index in [1.807, 2.05) is 0 Å². The minimum atomic E-state index is -5.08. The molecule has 3 saturated heterocycles. The number of carboxylic acid groups (broad SMARTS) is 2. The lowest BCUT2D eigenvalue weighted by Crippen LogP contribution is -2.59. The molecule has 0 radical (unpaired) electrons. The molecule has 0 unspecified atom stereocenters. The Morgan fingerprint density at radius 2 is 0.957 bits per heavy atom. The van der Waals surface area contributed by atoms with E-state index in [4.69, 9.17) is 27.1 Å². The van der Waals surface area contributed by atoms with Crippen LogP contribution >= 0.6 is 0 Å². The SMILES string of the molecule is NC(=O)CC[C@H](NC(=O)[C@@H]1CCCN1C(=O)[C@H](CCC(N)=O)NC(=O)[C@@H]1CCCN1C(=O)[C@@H](N)Cc1ccc(O)cc1)C(=O)N1CCC[C@H]1C(=O)N[C@@H](Cc1ccccc1)C(=O)O.O=C(O)C(F)(F)F. The first kappa shape index (κ1) is 55.3. The van der Waals surface area contributed by atoms with Gasteiger partial charge in [0.2, 0.25) is 47.3 Å². The fourth-order valence-corrected chi connectivity index (χ4v) is 8.44. The Morgan fingerprint density at radius 3 is 1.33 bits per heavy atom. The largest absolute Gasteiger partial charge is 0.508 e. The van der Waals surface area contributed by atoms with Crippen LogP contribution in [0.5, 0.6) is 5.75 Å². The molecule has 8 amide bonds. The van der Waals surface area contributed by atoms with Gasteiger partial charge in [-0.15, -0.1) is 0 Å². The highest BCUT2D eigenvalue weighted by atomic mass is 19.4. The van der Waals surface area contributed by atoms with Crippen molar-refractivity contribution in [1.29, 1.82) is 0 Å². The first-order valence-electron chi connectivity index (χ1n) is 22.5. The number of carboxylic acids is 2. The number of hydrogen-bond donors (Lipinski definition) is 9. The number of amides is 8. The first-order chi connectivity index (χ1) is 33.0. The van der Waals surface area contributed by atoms with Gasteiger partial charge in [0.05, 0.1) is 6.04 Å². The molecule has 22 nitrogen and oxygen atoms in total. The normalized spacial score (nSPS) is 19.4. The van der Waals surface area contributed by atoms with E-state index >= 15 is 0 Å². The van der Waals surface area contributed by atoms with Gasteiger partial charge in [-0.05, 0) is 81.0 Å². The van der Waals surface area contributed by atoms with E-state index in [9.17, 15) is 66.5 Å². The minimum Gasteiger partial charge on any atom is -0.508 e. The number of aromatic hydroxyl groups is 1. The molecule has 0 spiro atoms. The van der Waals surface area contributed by atoms with Crippen molar-refractivity contribution in [2.45, 2.75) is 126 Å². The van der Waals surface area contributed by atoms with E-state index in [0.29, 0.717) is 30.4 Å². The molecule has 2 aromatic carbocycles. The molecule has 12 N–H and O–H groups in total. The monoisotopic (exact) mass is 989 g/mol. The first-order valence-corrected chi connectivity index (χ1v) is 22.5. The predicted molar refractivity (Wildman–Crippen MR) is 238 cm³/mol. The molecule has 3 aliphatic heterocycles. The van der Waals surface area contributed by atoms with E-state index < -0.39 is 108 Å². The second kappa shape index (κ2) is 25.3. The summed E-state index contributed by atoms with van der Waals surface area (Å²) in [7, 11) is 0. The second-order valence-corrected chi connectivity index (χ2v) is 17.1. The Morgan fingerprint density at radius 1 is 0.586 bits per heavy atom. The van der Waals surface area contributed by atoms with Crippen LogP contribution < -0.4 is 33.2 Å². The van der Waals surface area contributed by atoms with Crippen LogP contribution in [0.1, 0.15) is 75.3 Å². The van der Waals surface area contributed by atoms with Gasteiger partial charge in [0, 0.05) is 38.9 Å². The summed E-state index contributed by atoms with van der Waals surface area (Å²) in [5, 5.41) is 34.5. The standard InChI is InChI=1S/C43H57N9O11.C2HF3O2/c44-28(23-26-12-14-27(53)15-13-26)40(59)50-20-4-9-32(50)37(56)47-29(16-18-35(45)54)41(60)51-21-5-10-33(51)38(57)48-30(17-19-36(46)55)42(61)52-22-6-11-34(52)39(58)49-31(43(62)63)24-25-7-2-1-3-8-25;3-2(4,5)1(6)7/h1-3,7-8,12-15,28-34,53H,4-6,9-11,16-24,44H2,(H2,45,54)(H2,46,55)(H,47,56)(H,48,57)(H,49,58)(H,62,63);(H,6,7)/t28-,29-,30-,31-,32-,33-,34-;/m0./s1. The fraction of sp³-hybridized carbons (Fsp3) is 0.511. The van der Waals surface area contributed by atoms with Crippen LogP contribution in [0.25, 0.3) is 0 Å². The highest BCUT2D eigenvalue weighted by Gasteiger charge is 2.44. The van der Waals surface area contributed by atoms with Gasteiger partial charge in [0.25, 0.3) is 0 Å². The van der Waals surface area contributed by atoms with Crippen LogP contribution in [0.2, 0.25) is 0 Å². The molecule has 0 aromatic heterocycles. The molecule has 3 fully saturated rings. The van der Waals surface area contributed by atoms with E-state index in [1.165, 1.54) is 26.8 Å². The number of nitrogens with two attached hydrogens (primary N) is 3. The topological polar surface area (TPSA) is 355 Å². The molecule has 7 atom stereocenters. The third-order valence-corrected chi connectivity index (χ3v) is 12.0. The number of hydrogen-bond acceptors (Lipinski definition) is 12. The molecule has 0 saturated carbocycles. The maximum atomic E-state index is 14.2. The van der Waals surface area contributed by atoms with Crippen LogP contribution in [0.15, 0.2) is 54.6 Å². The lowest BCUT2D eigenvalue weighted by atomic mass is 10.0. The Kier molecular flexibility index (Phi) is 20.0. The lowest BCUT2D eigenvalue weighted by molar-refractivity contribution is -0.192. The van der Waals surface area contributed by atoms with E-state index in [2.05, 4.69) is 16.0 Å². The van der Waals surface area contributed by atoms with Gasteiger partial charge in [-0.3, -0.25) is 38.4 Å². The predicted octanol–water partition coefficient (Wildman–Crippen LogP) is -0.819. The molecule has 25 heteroatoms. The molecule has 3 heterocycles. The van der Waals surface area contributed by atoms with Gasteiger partial charge >= 0.3 is 18.1 Å². The van der Waals surface area contributed by atoms with Crippen molar-refractivity contribution in [3.8, 4) is 5.75 Å². The molecule has 5 rings (SSSR count). The van der Waals surface area contributed by atoms with Crippen LogP contribution in [0.3, 0.4) is 0 Å². The highest BCUT2D eigenvalue weighted by Crippen LogP contribution is 2.25. The van der Waals surface area contributed by atoms with Crippen molar-refractivity contribution >= 4 is 59.2 Å². The smallest absolute Gasteiger partial charge is 0.490 e. The summed E-state index contributed by atoms with van der Waals surface area (Å²) in [4.78, 5) is 132. The van der Waals surface area contributed by atoms with Crippen LogP contribution in [0, 0.1) is 0 Å². The second-order valence-electron chi connectivity index (χ2n) is 17.1. The Balaban J connectivity index is 0.00000141. The van der Waals surface area contributed by atoms with Crippen molar-refractivity contribution in [2.24, 2.45) is 17.2 Å². The average Bonchev–Trinajstić information content (AvgIpc) is 4.11. The maximum absolute atomic E-state index is 14.2. The molecular weight excluding hydrogens is 932 g/mol. The van der Waals surface area contributed by atoms with Crippen molar-refractivity contribution in [2.75, 3.05) is 19.6 Å². The third kappa shape index (κ3) is 15.9. The summed E-state index contributed by atoms with van der Waals surface area (Å²) in [6.45, 7) is 0.437. The quantitative estimate of drug-likeness (QED) is 0.0783. The summed E-state index contributed by atoms with van der Waals surface area (Å²) in [5.74, 6) is -9.42. The zero-order valence-electron chi connectivity index (χ0n) is 38.0. The van der Waals surface area contributed by atoms with Gasteiger partial charge in [-0.25, -0.2) is 9.59 Å². The lowest BCUT2D eigenvalue weighted by Gasteiger charge is -2.32. The number of alkyl halides is 3. The summed E-state index contributed by atoms with van der Waals surface area (Å²) in [6, 6.07) is 6.78. The number of aliphatic carboxylic acids is 2. The summed E-state index contributed by atoms with van der Waals surface area (Å²) in [5.41, 5.74) is 18.5. The summed E-state index contributed by atoms with van der Waals surface area (Å²) < 4.78 is 31.7. The van der Waals surface area contributed by atoms with Crippen LogP contribution in [-0.4, -0.2) is 157 Å². The highest BCUT2D eigenvalue weighted by molar-refractivity contribution is 5.98. The molecule has 2 aromatic rings. The molecule has 0 aliphatic carbocycles. The van der Waals surface area contributed by atoms with Gasteiger partial charge in [0.15, 0.2) is 0 Å². The number of nitrogens with zero attached hydrogens (tertiary/aromatic N) is 3. The maximum Gasteiger partial charge on any atom is 0.490 e. The fourth-order valence-electron chi connectivity index (χ4n) is 8.44. The molecular formula is C45H58F3N9O13. The average molecular weight is 990 g/mol. The number of phenols is 1. The number of carbonyl (C=O) groups is 10. The number of phenolic OH excluding ortho intramolecular Hbond substituents is 1. The van der Waals surface area contributed by atoms with Crippen molar-refractivity contribution in [1.82, 2.24) is 30.7 Å². The van der Waals surface area contributed by atoms with Crippen molar-refractivity contribution < 1.29 is 76.4 Å². The van der Waals surface area contributed by atoms with E-state index in [0.717, 1.165) is 0 Å². The van der Waals surface area contributed by atoms with Gasteiger partial charge in [-0.2, -0.15) is 13.2 Å². The Hall–Kier alpha value is -7.31. The van der Waals surface area contributed by atoms with Gasteiger partial charge in [-0.1, -0.05) is 42.5 Å². The number of halogens is 3. The number of primary amides is 2. The van der Waals surface area contributed by atoms with Crippen molar-refractivity contribution in [3.63, 3.8) is 0 Å². The number of benzene rings is 2. The van der Waals surface area contributed by atoms with Crippen LogP contribution in [-0.2, 0) is 60.8 Å². The summed E-state index contributed by atoms with van der Waals surface area (Å²) in [6.07, 6.45) is -4.06. The Labute approximate surface area is 399 Å². The Bertz CT molecular complexity index is 2240. The van der Waals surface area contributed by atoms with Crippen LogP contribution in [0.4, 0.5) is 13.2 Å². The number of carbonyl (C=O) groups excluding carboxylic acids is 8. The van der Waals surface area contributed by atoms with E-state index in [1.54, 1.807) is 42.5 Å². The zero-order valence-corrected chi connectivity index (χ0v) is 38.0. The van der Waals surface area contributed by atoms with E-state index in [-0.39, 0.29) is 83.2 Å². The third-order valence-electron chi connectivity index (χ3n) is 12.0. The molecule has 382 valence electrons. The summed E-state index contributed by atoms with van der Waals surface area (Å²) >= 11 is 0. The van der Waals surface area contributed by atoms with Gasteiger partial charge < -0.3 is 63.2 Å². The number of rotatable bonds is 20. The number of likely N-dealkylation sites (tertiary alicyclic amines) is 3. The molecule has 0 bridgehead atoms. The van der Waals surface area contributed by atoms with Gasteiger partial charge in [0.1, 0.15) is 42.0 Å². The minimum absolute atomic E-state index is 0.0000255.